The van der Waals surface area contributed by atoms with Crippen LogP contribution in [0.1, 0.15) is 5.56 Å². The molecule has 0 fully saturated rings. The average Bonchev–Trinajstić information content (AvgIpc) is 2.69. The molecule has 0 aliphatic rings. The van der Waals surface area contributed by atoms with Gasteiger partial charge in [0.1, 0.15) is 0 Å². The molecule has 4 aromatic carbocycles. The van der Waals surface area contributed by atoms with Crippen molar-refractivity contribution in [2.24, 2.45) is 0 Å². The smallest absolute Gasteiger partial charge is 0.171 e. The van der Waals surface area contributed by atoms with Crippen LogP contribution in [0, 0.1) is 6.92 Å². The van der Waals surface area contributed by atoms with Crippen LogP contribution in [0.15, 0.2) is 97.1 Å². The lowest BCUT2D eigenvalue weighted by atomic mass is 10.1. The van der Waals surface area contributed by atoms with Crippen LogP contribution < -0.4 is 15.9 Å². The Bertz CT molecular complexity index is 1030. The van der Waals surface area contributed by atoms with Crippen molar-refractivity contribution in [1.82, 2.24) is 0 Å². The molecule has 4 rings (SSSR count). The highest BCUT2D eigenvalue weighted by molar-refractivity contribution is 7.85. The summed E-state index contributed by atoms with van der Waals surface area (Å²) < 4.78 is 14.5. The molecule has 122 valence electrons. The molecule has 0 aromatic heterocycles. The van der Waals surface area contributed by atoms with Crippen LogP contribution in [-0.2, 0) is 4.57 Å². The Morgan fingerprint density at radius 2 is 1.12 bits per heavy atom. The Labute approximate surface area is 148 Å². The van der Waals surface area contributed by atoms with Crippen molar-refractivity contribution in [3.8, 4) is 0 Å². The van der Waals surface area contributed by atoms with E-state index in [9.17, 15) is 4.57 Å². The predicted molar refractivity (Wildman–Crippen MR) is 108 cm³/mol. The monoisotopic (exact) mass is 342 g/mol. The van der Waals surface area contributed by atoms with Crippen molar-refractivity contribution in [1.29, 1.82) is 0 Å². The lowest BCUT2D eigenvalue weighted by molar-refractivity contribution is 0.592. The van der Waals surface area contributed by atoms with Gasteiger partial charge in [-0.3, -0.25) is 0 Å². The molecule has 0 saturated carbocycles. The molecule has 2 heteroatoms. The third-order valence-corrected chi connectivity index (χ3v) is 7.96. The van der Waals surface area contributed by atoms with Crippen LogP contribution in [-0.4, -0.2) is 0 Å². The van der Waals surface area contributed by atoms with Crippen molar-refractivity contribution in [2.45, 2.75) is 6.92 Å². The molecule has 0 saturated heterocycles. The van der Waals surface area contributed by atoms with Crippen LogP contribution >= 0.6 is 7.14 Å². The van der Waals surface area contributed by atoms with E-state index in [1.54, 1.807) is 0 Å². The van der Waals surface area contributed by atoms with Gasteiger partial charge < -0.3 is 4.57 Å². The van der Waals surface area contributed by atoms with Crippen molar-refractivity contribution in [3.05, 3.63) is 103 Å². The van der Waals surface area contributed by atoms with Crippen LogP contribution in [0.4, 0.5) is 0 Å². The second-order valence-corrected chi connectivity index (χ2v) is 8.94. The Morgan fingerprint density at radius 1 is 0.600 bits per heavy atom. The highest BCUT2D eigenvalue weighted by Gasteiger charge is 2.31. The second-order valence-electron chi connectivity index (χ2n) is 6.21. The van der Waals surface area contributed by atoms with Gasteiger partial charge in [-0.1, -0.05) is 91.0 Å². The Kier molecular flexibility index (Phi) is 4.03. The molecule has 0 atom stereocenters. The zero-order valence-electron chi connectivity index (χ0n) is 14.1. The largest absolute Gasteiger partial charge is 0.309 e. The van der Waals surface area contributed by atoms with E-state index in [4.69, 9.17) is 0 Å². The van der Waals surface area contributed by atoms with Crippen molar-refractivity contribution >= 4 is 33.8 Å². The third-order valence-electron chi connectivity index (χ3n) is 4.75. The molecular formula is C23H19OP. The summed E-state index contributed by atoms with van der Waals surface area (Å²) in [6, 6.07) is 32.1. The summed E-state index contributed by atoms with van der Waals surface area (Å²) in [5.74, 6) is 0. The summed E-state index contributed by atoms with van der Waals surface area (Å²) in [6.45, 7) is 2.08. The summed E-state index contributed by atoms with van der Waals surface area (Å²) >= 11 is 0. The van der Waals surface area contributed by atoms with Crippen LogP contribution in [0.2, 0.25) is 0 Å². The van der Waals surface area contributed by atoms with Gasteiger partial charge in [-0.05, 0) is 29.3 Å². The molecular weight excluding hydrogens is 323 g/mol. The Morgan fingerprint density at radius 3 is 1.72 bits per heavy atom. The van der Waals surface area contributed by atoms with Crippen LogP contribution in [0.25, 0.3) is 10.8 Å². The Balaban J connectivity index is 2.06. The van der Waals surface area contributed by atoms with Crippen molar-refractivity contribution in [2.75, 3.05) is 0 Å². The standard InChI is InChI=1S/C23H19OP/c1-18-22-15-9-8-10-19(22)16-17-23(18)25(24,20-11-4-2-5-12-20)21-13-6-3-7-14-21/h2-17H,1H3. The van der Waals surface area contributed by atoms with E-state index in [1.165, 1.54) is 5.39 Å². The number of hydrogen-bond acceptors (Lipinski definition) is 1. The van der Waals surface area contributed by atoms with E-state index in [2.05, 4.69) is 25.1 Å². The van der Waals surface area contributed by atoms with Crippen molar-refractivity contribution < 1.29 is 4.57 Å². The van der Waals surface area contributed by atoms with Gasteiger partial charge in [0.2, 0.25) is 0 Å². The maximum atomic E-state index is 14.5. The normalized spacial score (nSPS) is 11.6. The topological polar surface area (TPSA) is 17.1 Å². The first-order chi connectivity index (χ1) is 12.2. The summed E-state index contributed by atoms with van der Waals surface area (Å²) in [5.41, 5.74) is 1.09. The van der Waals surface area contributed by atoms with E-state index in [0.29, 0.717) is 0 Å². The molecule has 0 bridgehead atoms. The van der Waals surface area contributed by atoms with Gasteiger partial charge in [-0.2, -0.15) is 0 Å². The summed E-state index contributed by atoms with van der Waals surface area (Å²) in [6.07, 6.45) is 0. The molecule has 4 aromatic rings. The SMILES string of the molecule is Cc1c(P(=O)(c2ccccc2)c2ccccc2)ccc2ccccc12. The fraction of sp³-hybridized carbons (Fsp3) is 0.0435. The first-order valence-corrected chi connectivity index (χ1v) is 10.1. The lowest BCUT2D eigenvalue weighted by Crippen LogP contribution is -2.26. The van der Waals surface area contributed by atoms with Crippen LogP contribution in [0.3, 0.4) is 0 Å². The molecule has 0 spiro atoms. The number of rotatable bonds is 3. The molecule has 0 aliphatic carbocycles. The van der Waals surface area contributed by atoms with Gasteiger partial charge in [0, 0.05) is 15.9 Å². The number of aryl methyl sites for hydroxylation is 1. The Hall–Kier alpha value is -2.63. The number of hydrogen-bond donors (Lipinski definition) is 0. The van der Waals surface area contributed by atoms with Crippen molar-refractivity contribution in [3.63, 3.8) is 0 Å². The second kappa shape index (κ2) is 6.35. The molecule has 0 radical (unpaired) electrons. The molecule has 1 nitrogen and oxygen atoms in total. The first-order valence-electron chi connectivity index (χ1n) is 8.41. The van der Waals surface area contributed by atoms with E-state index in [-0.39, 0.29) is 0 Å². The maximum absolute atomic E-state index is 14.5. The molecule has 0 heterocycles. The molecule has 25 heavy (non-hydrogen) atoms. The number of fused-ring (bicyclic) bond motifs is 1. The van der Waals surface area contributed by atoms with E-state index < -0.39 is 7.14 Å². The van der Waals surface area contributed by atoms with E-state index >= 15 is 0 Å². The number of benzene rings is 4. The summed E-state index contributed by atoms with van der Waals surface area (Å²) in [7, 11) is -2.92. The van der Waals surface area contributed by atoms with Gasteiger partial charge in [-0.15, -0.1) is 0 Å². The minimum absolute atomic E-state index is 0.875. The van der Waals surface area contributed by atoms with Gasteiger partial charge >= 0.3 is 0 Å². The van der Waals surface area contributed by atoms with Gasteiger partial charge in [-0.25, -0.2) is 0 Å². The summed E-state index contributed by atoms with van der Waals surface area (Å²) in [5, 5.41) is 5.01. The highest BCUT2D eigenvalue weighted by atomic mass is 31.2. The van der Waals surface area contributed by atoms with Gasteiger partial charge in [0.25, 0.3) is 0 Å². The van der Waals surface area contributed by atoms with Crippen LogP contribution in [0.5, 0.6) is 0 Å². The predicted octanol–water partition coefficient (Wildman–Crippen LogP) is 4.79. The maximum Gasteiger partial charge on any atom is 0.171 e. The van der Waals surface area contributed by atoms with Gasteiger partial charge in [0.05, 0.1) is 0 Å². The first kappa shape index (κ1) is 15.9. The minimum Gasteiger partial charge on any atom is -0.309 e. The fourth-order valence-corrected chi connectivity index (χ4v) is 6.38. The third kappa shape index (κ3) is 2.62. The highest BCUT2D eigenvalue weighted by Crippen LogP contribution is 2.44. The minimum atomic E-state index is -2.92. The molecule has 0 N–H and O–H groups in total. The quantitative estimate of drug-likeness (QED) is 0.489. The van der Waals surface area contributed by atoms with E-state index in [1.807, 2.05) is 78.9 Å². The average molecular weight is 342 g/mol. The lowest BCUT2D eigenvalue weighted by Gasteiger charge is -2.22. The zero-order valence-corrected chi connectivity index (χ0v) is 15.0. The molecule has 0 unspecified atom stereocenters. The van der Waals surface area contributed by atoms with Gasteiger partial charge in [0.15, 0.2) is 7.14 Å². The molecule has 0 aliphatic heterocycles. The summed E-state index contributed by atoms with van der Waals surface area (Å²) in [4.78, 5) is 0. The fourth-order valence-electron chi connectivity index (χ4n) is 3.46. The molecule has 0 amide bonds. The zero-order chi connectivity index (χ0) is 17.3. The van der Waals surface area contributed by atoms with E-state index in [0.717, 1.165) is 26.9 Å².